The highest BCUT2D eigenvalue weighted by atomic mass is 35.5. The lowest BCUT2D eigenvalue weighted by molar-refractivity contribution is 0.120. The van der Waals surface area contributed by atoms with E-state index in [2.05, 4.69) is 17.4 Å². The molecule has 2 nitrogen and oxygen atoms in total. The standard InChI is InChI=1S/C16H22ClNO/c17-15-3-1-2-13(8-15)14-9-16(10-14)18-6-7-19-11-12-4-5-12/h1-3,8,12,14,16,18H,4-7,9-11H2. The van der Waals surface area contributed by atoms with Crippen molar-refractivity contribution in [2.45, 2.75) is 37.6 Å². The van der Waals surface area contributed by atoms with Crippen LogP contribution in [-0.2, 0) is 4.74 Å². The van der Waals surface area contributed by atoms with E-state index in [9.17, 15) is 0 Å². The van der Waals surface area contributed by atoms with Crippen molar-refractivity contribution < 1.29 is 4.74 Å². The molecule has 0 aromatic heterocycles. The van der Waals surface area contributed by atoms with Gasteiger partial charge in [0.2, 0.25) is 0 Å². The van der Waals surface area contributed by atoms with Gasteiger partial charge < -0.3 is 10.1 Å². The molecule has 0 aliphatic heterocycles. The molecule has 0 spiro atoms. The van der Waals surface area contributed by atoms with Crippen LogP contribution in [0.5, 0.6) is 0 Å². The van der Waals surface area contributed by atoms with E-state index in [1.807, 2.05) is 12.1 Å². The lowest BCUT2D eigenvalue weighted by Crippen LogP contribution is -2.41. The highest BCUT2D eigenvalue weighted by Gasteiger charge is 2.29. The van der Waals surface area contributed by atoms with Gasteiger partial charge in [-0.25, -0.2) is 0 Å². The molecule has 2 aliphatic rings. The van der Waals surface area contributed by atoms with Crippen LogP contribution in [0.3, 0.4) is 0 Å². The van der Waals surface area contributed by atoms with Crippen LogP contribution in [0.4, 0.5) is 0 Å². The van der Waals surface area contributed by atoms with E-state index in [-0.39, 0.29) is 0 Å². The van der Waals surface area contributed by atoms with Crippen LogP contribution in [0.25, 0.3) is 0 Å². The summed E-state index contributed by atoms with van der Waals surface area (Å²) in [6.07, 6.45) is 5.20. The minimum Gasteiger partial charge on any atom is -0.380 e. The summed E-state index contributed by atoms with van der Waals surface area (Å²) in [6.45, 7) is 2.81. The van der Waals surface area contributed by atoms with Gasteiger partial charge in [0.15, 0.2) is 0 Å². The summed E-state index contributed by atoms with van der Waals surface area (Å²) in [5.41, 5.74) is 1.38. The van der Waals surface area contributed by atoms with Crippen molar-refractivity contribution in [3.05, 3.63) is 34.9 Å². The van der Waals surface area contributed by atoms with Crippen molar-refractivity contribution in [1.29, 1.82) is 0 Å². The fourth-order valence-electron chi connectivity index (χ4n) is 2.69. The molecular weight excluding hydrogens is 258 g/mol. The maximum Gasteiger partial charge on any atom is 0.0591 e. The fraction of sp³-hybridized carbons (Fsp3) is 0.625. The minimum absolute atomic E-state index is 0.661. The Morgan fingerprint density at radius 1 is 1.26 bits per heavy atom. The molecule has 104 valence electrons. The predicted octanol–water partition coefficient (Wildman–Crippen LogP) is 3.60. The van der Waals surface area contributed by atoms with E-state index in [1.54, 1.807) is 0 Å². The van der Waals surface area contributed by atoms with Gasteiger partial charge in [-0.05, 0) is 55.2 Å². The summed E-state index contributed by atoms with van der Waals surface area (Å²) in [4.78, 5) is 0. The van der Waals surface area contributed by atoms with Crippen LogP contribution >= 0.6 is 11.6 Å². The minimum atomic E-state index is 0.661. The molecule has 0 unspecified atom stereocenters. The maximum atomic E-state index is 6.02. The lowest BCUT2D eigenvalue weighted by atomic mass is 9.76. The highest BCUT2D eigenvalue weighted by molar-refractivity contribution is 6.30. The van der Waals surface area contributed by atoms with Crippen molar-refractivity contribution in [2.75, 3.05) is 19.8 Å². The second kappa shape index (κ2) is 6.25. The third-order valence-electron chi connectivity index (χ3n) is 4.19. The number of hydrogen-bond acceptors (Lipinski definition) is 2. The Labute approximate surface area is 120 Å². The summed E-state index contributed by atoms with van der Waals surface area (Å²) in [7, 11) is 0. The van der Waals surface area contributed by atoms with Crippen LogP contribution in [0.2, 0.25) is 5.02 Å². The third kappa shape index (κ3) is 3.95. The molecule has 2 saturated carbocycles. The summed E-state index contributed by atoms with van der Waals surface area (Å²) in [5.74, 6) is 1.56. The average molecular weight is 280 g/mol. The molecule has 19 heavy (non-hydrogen) atoms. The predicted molar refractivity (Wildman–Crippen MR) is 78.8 cm³/mol. The van der Waals surface area contributed by atoms with Gasteiger partial charge in [0, 0.05) is 24.2 Å². The number of ether oxygens (including phenoxy) is 1. The zero-order valence-corrected chi connectivity index (χ0v) is 12.0. The van der Waals surface area contributed by atoms with Gasteiger partial charge in [0.05, 0.1) is 6.61 Å². The van der Waals surface area contributed by atoms with Crippen molar-refractivity contribution in [2.24, 2.45) is 5.92 Å². The molecule has 0 saturated heterocycles. The number of rotatable bonds is 7. The number of nitrogens with one attached hydrogen (secondary N) is 1. The topological polar surface area (TPSA) is 21.3 Å². The Morgan fingerprint density at radius 2 is 2.11 bits per heavy atom. The molecule has 0 radical (unpaired) electrons. The zero-order valence-electron chi connectivity index (χ0n) is 11.3. The molecule has 3 rings (SSSR count). The molecule has 0 amide bonds. The first-order valence-electron chi connectivity index (χ1n) is 7.38. The summed E-state index contributed by atoms with van der Waals surface area (Å²) >= 11 is 6.02. The van der Waals surface area contributed by atoms with Crippen LogP contribution in [0, 0.1) is 5.92 Å². The molecule has 0 heterocycles. The summed E-state index contributed by atoms with van der Waals surface area (Å²) in [5, 5.41) is 4.42. The van der Waals surface area contributed by atoms with Crippen molar-refractivity contribution in [3.63, 3.8) is 0 Å². The summed E-state index contributed by atoms with van der Waals surface area (Å²) < 4.78 is 5.62. The smallest absolute Gasteiger partial charge is 0.0591 e. The Balaban J connectivity index is 1.29. The fourth-order valence-corrected chi connectivity index (χ4v) is 2.89. The third-order valence-corrected chi connectivity index (χ3v) is 4.42. The molecule has 2 aliphatic carbocycles. The Bertz CT molecular complexity index is 413. The summed E-state index contributed by atoms with van der Waals surface area (Å²) in [6, 6.07) is 8.93. The zero-order chi connectivity index (χ0) is 13.1. The SMILES string of the molecule is Clc1cccc(C2CC(NCCOCC3CC3)C2)c1. The number of benzene rings is 1. The van der Waals surface area contributed by atoms with Gasteiger partial charge in [0.25, 0.3) is 0 Å². The first-order chi connectivity index (χ1) is 9.31. The van der Waals surface area contributed by atoms with Crippen LogP contribution in [0.1, 0.15) is 37.2 Å². The lowest BCUT2D eigenvalue weighted by Gasteiger charge is -2.36. The molecule has 0 atom stereocenters. The normalized spacial score (nSPS) is 26.2. The molecular formula is C16H22ClNO. The molecule has 0 bridgehead atoms. The van der Waals surface area contributed by atoms with E-state index >= 15 is 0 Å². The Morgan fingerprint density at radius 3 is 2.84 bits per heavy atom. The Hall–Kier alpha value is -0.570. The van der Waals surface area contributed by atoms with Gasteiger partial charge in [0.1, 0.15) is 0 Å². The van der Waals surface area contributed by atoms with Crippen LogP contribution < -0.4 is 5.32 Å². The molecule has 3 heteroatoms. The van der Waals surface area contributed by atoms with E-state index in [0.29, 0.717) is 12.0 Å². The Kier molecular flexibility index (Phi) is 4.42. The van der Waals surface area contributed by atoms with Crippen LogP contribution in [0.15, 0.2) is 24.3 Å². The van der Waals surface area contributed by atoms with Gasteiger partial charge in [-0.3, -0.25) is 0 Å². The molecule has 1 N–H and O–H groups in total. The number of halogens is 1. The first-order valence-corrected chi connectivity index (χ1v) is 7.75. The van der Waals surface area contributed by atoms with E-state index in [4.69, 9.17) is 16.3 Å². The van der Waals surface area contributed by atoms with Gasteiger partial charge in [-0.2, -0.15) is 0 Å². The highest BCUT2D eigenvalue weighted by Crippen LogP contribution is 2.37. The van der Waals surface area contributed by atoms with E-state index < -0.39 is 0 Å². The average Bonchev–Trinajstić information content (AvgIpc) is 3.15. The molecule has 1 aromatic rings. The van der Waals surface area contributed by atoms with Crippen molar-refractivity contribution in [3.8, 4) is 0 Å². The first kappa shape index (κ1) is 13.4. The number of hydrogen-bond donors (Lipinski definition) is 1. The van der Waals surface area contributed by atoms with Gasteiger partial charge in [-0.1, -0.05) is 23.7 Å². The van der Waals surface area contributed by atoms with Gasteiger partial charge in [-0.15, -0.1) is 0 Å². The second-order valence-corrected chi connectivity index (χ2v) is 6.33. The van der Waals surface area contributed by atoms with Crippen LogP contribution in [-0.4, -0.2) is 25.8 Å². The molecule has 1 aromatic carbocycles. The van der Waals surface area contributed by atoms with Crippen molar-refractivity contribution >= 4 is 11.6 Å². The largest absolute Gasteiger partial charge is 0.380 e. The quantitative estimate of drug-likeness (QED) is 0.770. The van der Waals surface area contributed by atoms with E-state index in [1.165, 1.54) is 31.2 Å². The monoisotopic (exact) mass is 279 g/mol. The molecule has 2 fully saturated rings. The van der Waals surface area contributed by atoms with E-state index in [0.717, 1.165) is 30.7 Å². The second-order valence-electron chi connectivity index (χ2n) is 5.89. The maximum absolute atomic E-state index is 6.02. The van der Waals surface area contributed by atoms with Gasteiger partial charge >= 0.3 is 0 Å². The van der Waals surface area contributed by atoms with Crippen molar-refractivity contribution in [1.82, 2.24) is 5.32 Å².